The summed E-state index contributed by atoms with van der Waals surface area (Å²) in [6, 6.07) is 4.30. The third-order valence-corrected chi connectivity index (χ3v) is 10.6. The van der Waals surface area contributed by atoms with E-state index in [-0.39, 0.29) is 21.4 Å². The monoisotopic (exact) mass is 650 g/mol. The Hall–Kier alpha value is -3.33. The molecular formula is C28H33ClF2N6O4SSi. The van der Waals surface area contributed by atoms with E-state index in [9.17, 15) is 8.42 Å². The van der Waals surface area contributed by atoms with Gasteiger partial charge in [-0.3, -0.25) is 4.72 Å². The number of nitrogens with one attached hydrogen (secondary N) is 1. The molecule has 5 rings (SSSR count). The first-order valence-electron chi connectivity index (χ1n) is 13.7. The number of imidazole rings is 2. The molecule has 0 radical (unpaired) electrons. The van der Waals surface area contributed by atoms with Crippen LogP contribution in [-0.4, -0.2) is 54.3 Å². The standard InChI is InChI=1S/C28H33ClF2N6O4SSi/c1-40-28-23(14-19(29)15-34-28)42(38,39)35-22-6-5-21(30)24(25(22)31)18-7-9-37-20(13-18)16-33-27(37)26-32-8-10-36(26)17-41-11-12-43(2,3)4/h5-6,8,10,14-16,18,35H,7,9,11-13,17H2,1-4H3. The minimum Gasteiger partial charge on any atom is -0.480 e. The molecule has 1 aliphatic rings. The van der Waals surface area contributed by atoms with E-state index in [2.05, 4.69) is 39.3 Å². The number of benzene rings is 1. The van der Waals surface area contributed by atoms with E-state index in [0.29, 0.717) is 44.4 Å². The summed E-state index contributed by atoms with van der Waals surface area (Å²) in [6.45, 7) is 8.35. The lowest BCUT2D eigenvalue weighted by Crippen LogP contribution is -2.22. The fourth-order valence-corrected chi connectivity index (χ4v) is 7.21. The Morgan fingerprint density at radius 1 is 1.14 bits per heavy atom. The molecule has 0 saturated carbocycles. The first-order valence-corrected chi connectivity index (χ1v) is 19.3. The summed E-state index contributed by atoms with van der Waals surface area (Å²) >= 11 is 5.94. The number of pyridine rings is 1. The fourth-order valence-electron chi connectivity index (χ4n) is 5.02. The van der Waals surface area contributed by atoms with Gasteiger partial charge in [0.15, 0.2) is 22.4 Å². The van der Waals surface area contributed by atoms with Crippen molar-refractivity contribution in [1.29, 1.82) is 0 Å². The number of nitrogens with zero attached hydrogens (tertiary/aromatic N) is 5. The highest BCUT2D eigenvalue weighted by molar-refractivity contribution is 7.92. The number of halogens is 3. The molecule has 0 aliphatic carbocycles. The molecule has 3 aromatic heterocycles. The largest absolute Gasteiger partial charge is 0.480 e. The molecule has 1 unspecified atom stereocenters. The highest BCUT2D eigenvalue weighted by atomic mass is 35.5. The van der Waals surface area contributed by atoms with Crippen molar-refractivity contribution in [3.8, 4) is 17.5 Å². The van der Waals surface area contributed by atoms with Crippen LogP contribution in [0, 0.1) is 11.6 Å². The summed E-state index contributed by atoms with van der Waals surface area (Å²) < 4.78 is 74.2. The highest BCUT2D eigenvalue weighted by Crippen LogP contribution is 2.37. The van der Waals surface area contributed by atoms with Gasteiger partial charge in [-0.1, -0.05) is 31.2 Å². The number of sulfonamides is 1. The summed E-state index contributed by atoms with van der Waals surface area (Å²) in [5.74, 6) is -1.20. The molecule has 0 saturated heterocycles. The van der Waals surface area contributed by atoms with E-state index < -0.39 is 41.3 Å². The van der Waals surface area contributed by atoms with E-state index in [0.717, 1.165) is 29.9 Å². The summed E-state index contributed by atoms with van der Waals surface area (Å²) in [5, 5.41) is 0.0525. The van der Waals surface area contributed by atoms with Crippen molar-refractivity contribution in [1.82, 2.24) is 24.1 Å². The second kappa shape index (κ2) is 12.3. The molecule has 1 N–H and O–H groups in total. The normalized spacial score (nSPS) is 15.4. The Kier molecular flexibility index (Phi) is 8.93. The summed E-state index contributed by atoms with van der Waals surface area (Å²) in [5.41, 5.74) is 0.206. The van der Waals surface area contributed by atoms with Gasteiger partial charge in [-0.2, -0.15) is 0 Å². The number of hydrogen-bond acceptors (Lipinski definition) is 7. The maximum Gasteiger partial charge on any atom is 0.267 e. The van der Waals surface area contributed by atoms with Crippen molar-refractivity contribution in [2.45, 2.75) is 62.6 Å². The summed E-state index contributed by atoms with van der Waals surface area (Å²) in [7, 11) is -4.33. The zero-order chi connectivity index (χ0) is 30.9. The van der Waals surface area contributed by atoms with Crippen LogP contribution in [0.3, 0.4) is 0 Å². The lowest BCUT2D eigenvalue weighted by molar-refractivity contribution is 0.0881. The number of anilines is 1. The molecule has 4 aromatic rings. The quantitative estimate of drug-likeness (QED) is 0.158. The molecule has 0 bridgehead atoms. The van der Waals surface area contributed by atoms with Crippen LogP contribution in [0.15, 0.2) is 47.9 Å². The van der Waals surface area contributed by atoms with Crippen LogP contribution in [-0.2, 0) is 34.5 Å². The molecule has 1 atom stereocenters. The first-order chi connectivity index (χ1) is 20.4. The maximum atomic E-state index is 15.8. The van der Waals surface area contributed by atoms with Crippen molar-refractivity contribution < 1.29 is 26.7 Å². The lowest BCUT2D eigenvalue weighted by atomic mass is 9.88. The predicted octanol–water partition coefficient (Wildman–Crippen LogP) is 5.92. The Bertz CT molecular complexity index is 1740. The van der Waals surface area contributed by atoms with Crippen molar-refractivity contribution in [3.05, 3.63) is 70.9 Å². The minimum atomic E-state index is -4.37. The number of aromatic nitrogens is 5. The van der Waals surface area contributed by atoms with Gasteiger partial charge in [0.1, 0.15) is 12.5 Å². The molecule has 0 amide bonds. The average molecular weight is 651 g/mol. The molecule has 43 heavy (non-hydrogen) atoms. The summed E-state index contributed by atoms with van der Waals surface area (Å²) in [4.78, 5) is 12.6. The number of rotatable bonds is 11. The molecular weight excluding hydrogens is 618 g/mol. The van der Waals surface area contributed by atoms with Gasteiger partial charge in [0.25, 0.3) is 10.0 Å². The zero-order valence-corrected chi connectivity index (χ0v) is 26.8. The van der Waals surface area contributed by atoms with Gasteiger partial charge < -0.3 is 18.6 Å². The van der Waals surface area contributed by atoms with Crippen LogP contribution in [0.4, 0.5) is 14.5 Å². The van der Waals surface area contributed by atoms with Crippen LogP contribution < -0.4 is 9.46 Å². The average Bonchev–Trinajstić information content (AvgIpc) is 3.58. The molecule has 4 heterocycles. The molecule has 15 heteroatoms. The van der Waals surface area contributed by atoms with Gasteiger partial charge in [-0.05, 0) is 43.0 Å². The number of fused-ring (bicyclic) bond motifs is 1. The zero-order valence-electron chi connectivity index (χ0n) is 24.3. The topological polar surface area (TPSA) is 113 Å². The number of ether oxygens (including phenoxy) is 2. The van der Waals surface area contributed by atoms with Gasteiger partial charge in [-0.25, -0.2) is 32.2 Å². The predicted molar refractivity (Wildman–Crippen MR) is 162 cm³/mol. The molecule has 10 nitrogen and oxygen atoms in total. The fraction of sp³-hybridized carbons (Fsp3) is 0.393. The molecule has 0 fully saturated rings. The number of hydrogen-bond donors (Lipinski definition) is 1. The Morgan fingerprint density at radius 3 is 2.67 bits per heavy atom. The smallest absolute Gasteiger partial charge is 0.267 e. The minimum absolute atomic E-state index is 0.0525. The van der Waals surface area contributed by atoms with Crippen LogP contribution >= 0.6 is 11.6 Å². The van der Waals surface area contributed by atoms with Crippen LogP contribution in [0.2, 0.25) is 30.7 Å². The Labute approximate surface area is 255 Å². The van der Waals surface area contributed by atoms with Gasteiger partial charge in [0.2, 0.25) is 5.88 Å². The molecule has 1 aliphatic heterocycles. The first kappa shape index (κ1) is 31.1. The van der Waals surface area contributed by atoms with E-state index in [1.165, 1.54) is 13.3 Å². The number of methoxy groups -OCH3 is 1. The van der Waals surface area contributed by atoms with Gasteiger partial charge in [0.05, 0.1) is 17.8 Å². The SMILES string of the molecule is COc1ncc(Cl)cc1S(=O)(=O)Nc1ccc(F)c(C2CCn3c(cnc3-c3nccn3COCC[Si](C)(C)C)C2)c1F. The molecule has 230 valence electrons. The van der Waals surface area contributed by atoms with E-state index in [4.69, 9.17) is 21.1 Å². The second-order valence-corrected chi connectivity index (χ2v) is 19.3. The molecule has 0 spiro atoms. The molecule has 1 aromatic carbocycles. The van der Waals surface area contributed by atoms with E-state index in [1.807, 2.05) is 15.3 Å². The second-order valence-electron chi connectivity index (χ2n) is 11.6. The lowest BCUT2D eigenvalue weighted by Gasteiger charge is -2.26. The third kappa shape index (κ3) is 6.76. The van der Waals surface area contributed by atoms with Gasteiger partial charge >= 0.3 is 0 Å². The maximum absolute atomic E-state index is 15.8. The van der Waals surface area contributed by atoms with Crippen molar-refractivity contribution in [2.75, 3.05) is 18.4 Å². The van der Waals surface area contributed by atoms with Crippen molar-refractivity contribution in [2.24, 2.45) is 0 Å². The van der Waals surface area contributed by atoms with Gasteiger partial charge in [0, 0.05) is 57.3 Å². The van der Waals surface area contributed by atoms with E-state index in [1.54, 1.807) is 12.4 Å². The van der Waals surface area contributed by atoms with Gasteiger partial charge in [-0.15, -0.1) is 0 Å². The summed E-state index contributed by atoms with van der Waals surface area (Å²) in [6.07, 6.45) is 7.15. The highest BCUT2D eigenvalue weighted by Gasteiger charge is 2.31. The Morgan fingerprint density at radius 2 is 1.93 bits per heavy atom. The van der Waals surface area contributed by atoms with Crippen LogP contribution in [0.5, 0.6) is 5.88 Å². The third-order valence-electron chi connectivity index (χ3n) is 7.28. The van der Waals surface area contributed by atoms with Crippen molar-refractivity contribution >= 4 is 35.4 Å². The van der Waals surface area contributed by atoms with Crippen LogP contribution in [0.25, 0.3) is 11.6 Å². The van der Waals surface area contributed by atoms with Crippen molar-refractivity contribution in [3.63, 3.8) is 0 Å². The Balaban J connectivity index is 1.36. The van der Waals surface area contributed by atoms with Crippen LogP contribution in [0.1, 0.15) is 23.6 Å². The van der Waals surface area contributed by atoms with E-state index >= 15 is 8.78 Å².